The van der Waals surface area contributed by atoms with Crippen LogP contribution in [-0.2, 0) is 0 Å². The molecule has 0 saturated carbocycles. The average Bonchev–Trinajstić information content (AvgIpc) is 2.03. The van der Waals surface area contributed by atoms with E-state index in [1.165, 1.54) is 0 Å². The van der Waals surface area contributed by atoms with E-state index < -0.39 is 0 Å². The fraction of sp³-hybridized carbons (Fsp3) is 0.250. The SMILES string of the molecule is NC(CCl)c1cccc(Cl)c1. The lowest BCUT2D eigenvalue weighted by molar-refractivity contribution is 0.826. The molecule has 1 aromatic carbocycles. The Morgan fingerprint density at radius 3 is 2.73 bits per heavy atom. The Kier molecular flexibility index (Phi) is 3.18. The predicted octanol–water partition coefficient (Wildman–Crippen LogP) is 2.58. The van der Waals surface area contributed by atoms with Gasteiger partial charge in [0.05, 0.1) is 0 Å². The molecule has 0 amide bonds. The molecule has 1 nitrogen and oxygen atoms in total. The first-order valence-corrected chi connectivity index (χ1v) is 4.22. The zero-order valence-electron chi connectivity index (χ0n) is 5.93. The molecular weight excluding hydrogens is 181 g/mol. The second-order valence-corrected chi connectivity index (χ2v) is 3.06. The summed E-state index contributed by atoms with van der Waals surface area (Å²) >= 11 is 11.3. The molecule has 0 fully saturated rings. The summed E-state index contributed by atoms with van der Waals surface area (Å²) in [4.78, 5) is 0. The number of nitrogens with two attached hydrogens (primary N) is 1. The fourth-order valence-corrected chi connectivity index (χ4v) is 1.20. The van der Waals surface area contributed by atoms with Crippen molar-refractivity contribution >= 4 is 23.2 Å². The van der Waals surface area contributed by atoms with Crippen molar-refractivity contribution < 1.29 is 0 Å². The number of rotatable bonds is 2. The van der Waals surface area contributed by atoms with Crippen LogP contribution < -0.4 is 5.73 Å². The molecule has 0 aliphatic carbocycles. The third-order valence-electron chi connectivity index (χ3n) is 1.44. The molecule has 0 saturated heterocycles. The standard InChI is InChI=1S/C8H9Cl2N/c9-5-8(11)6-2-1-3-7(10)4-6/h1-4,8H,5,11H2. The van der Waals surface area contributed by atoms with E-state index in [0.29, 0.717) is 10.9 Å². The van der Waals surface area contributed by atoms with Crippen LogP contribution in [0, 0.1) is 0 Å². The molecule has 0 aliphatic rings. The van der Waals surface area contributed by atoms with Gasteiger partial charge < -0.3 is 5.73 Å². The van der Waals surface area contributed by atoms with Gasteiger partial charge >= 0.3 is 0 Å². The highest BCUT2D eigenvalue weighted by Gasteiger charge is 2.02. The van der Waals surface area contributed by atoms with E-state index in [1.807, 2.05) is 24.3 Å². The van der Waals surface area contributed by atoms with E-state index in [2.05, 4.69) is 0 Å². The van der Waals surface area contributed by atoms with E-state index in [1.54, 1.807) is 0 Å². The Bertz CT molecular complexity index is 237. The van der Waals surface area contributed by atoms with Crippen LogP contribution in [0.1, 0.15) is 11.6 Å². The first-order valence-electron chi connectivity index (χ1n) is 3.31. The summed E-state index contributed by atoms with van der Waals surface area (Å²) in [5.41, 5.74) is 6.65. The maximum Gasteiger partial charge on any atom is 0.0432 e. The fourth-order valence-electron chi connectivity index (χ4n) is 0.826. The van der Waals surface area contributed by atoms with E-state index in [4.69, 9.17) is 28.9 Å². The van der Waals surface area contributed by atoms with Gasteiger partial charge in [0.1, 0.15) is 0 Å². The molecule has 0 bridgehead atoms. The number of hydrogen-bond donors (Lipinski definition) is 1. The molecule has 2 N–H and O–H groups in total. The van der Waals surface area contributed by atoms with Gasteiger partial charge in [-0.15, -0.1) is 11.6 Å². The largest absolute Gasteiger partial charge is 0.323 e. The normalized spacial score (nSPS) is 13.0. The molecule has 3 heteroatoms. The molecular formula is C8H9Cl2N. The topological polar surface area (TPSA) is 26.0 Å². The summed E-state index contributed by atoms with van der Waals surface area (Å²) in [7, 11) is 0. The maximum absolute atomic E-state index is 5.75. The van der Waals surface area contributed by atoms with Crippen molar-refractivity contribution in [2.45, 2.75) is 6.04 Å². The first kappa shape index (κ1) is 8.85. The minimum absolute atomic E-state index is 0.115. The van der Waals surface area contributed by atoms with Gasteiger partial charge in [-0.25, -0.2) is 0 Å². The molecule has 0 spiro atoms. The molecule has 0 heterocycles. The van der Waals surface area contributed by atoms with Crippen LogP contribution in [0.2, 0.25) is 5.02 Å². The predicted molar refractivity (Wildman–Crippen MR) is 49.1 cm³/mol. The van der Waals surface area contributed by atoms with Crippen molar-refractivity contribution in [2.24, 2.45) is 5.73 Å². The molecule has 1 atom stereocenters. The molecule has 0 aliphatic heterocycles. The molecule has 1 unspecified atom stereocenters. The lowest BCUT2D eigenvalue weighted by Gasteiger charge is -2.07. The third kappa shape index (κ3) is 2.37. The summed E-state index contributed by atoms with van der Waals surface area (Å²) in [5.74, 6) is 0.417. The van der Waals surface area contributed by atoms with Gasteiger partial charge in [0.25, 0.3) is 0 Å². The van der Waals surface area contributed by atoms with Crippen molar-refractivity contribution in [3.63, 3.8) is 0 Å². The van der Waals surface area contributed by atoms with Crippen LogP contribution in [0.5, 0.6) is 0 Å². The Labute approximate surface area is 76.1 Å². The van der Waals surface area contributed by atoms with Gasteiger partial charge in [0.15, 0.2) is 0 Å². The van der Waals surface area contributed by atoms with Crippen molar-refractivity contribution in [2.75, 3.05) is 5.88 Å². The van der Waals surface area contributed by atoms with Crippen LogP contribution in [0.4, 0.5) is 0 Å². The van der Waals surface area contributed by atoms with E-state index in [9.17, 15) is 0 Å². The monoisotopic (exact) mass is 189 g/mol. The van der Waals surface area contributed by atoms with Gasteiger partial charge in [0.2, 0.25) is 0 Å². The number of alkyl halides is 1. The molecule has 11 heavy (non-hydrogen) atoms. The average molecular weight is 190 g/mol. The first-order chi connectivity index (χ1) is 5.24. The van der Waals surface area contributed by atoms with E-state index >= 15 is 0 Å². The smallest absolute Gasteiger partial charge is 0.0432 e. The molecule has 60 valence electrons. The Morgan fingerprint density at radius 2 is 2.18 bits per heavy atom. The summed E-state index contributed by atoms with van der Waals surface area (Å²) in [6, 6.07) is 7.30. The van der Waals surface area contributed by atoms with Gasteiger partial charge in [-0.05, 0) is 17.7 Å². The highest BCUT2D eigenvalue weighted by molar-refractivity contribution is 6.30. The minimum atomic E-state index is -0.115. The molecule has 0 radical (unpaired) electrons. The van der Waals surface area contributed by atoms with Crippen molar-refractivity contribution in [1.82, 2.24) is 0 Å². The highest BCUT2D eigenvalue weighted by atomic mass is 35.5. The number of benzene rings is 1. The number of hydrogen-bond acceptors (Lipinski definition) is 1. The zero-order valence-corrected chi connectivity index (χ0v) is 7.44. The van der Waals surface area contributed by atoms with Gasteiger partial charge in [-0.3, -0.25) is 0 Å². The summed E-state index contributed by atoms with van der Waals surface area (Å²) in [6.07, 6.45) is 0. The van der Waals surface area contributed by atoms with Crippen LogP contribution in [0.15, 0.2) is 24.3 Å². The summed E-state index contributed by atoms with van der Waals surface area (Å²) < 4.78 is 0. The Balaban J connectivity index is 2.86. The van der Waals surface area contributed by atoms with Gasteiger partial charge in [-0.1, -0.05) is 23.7 Å². The zero-order chi connectivity index (χ0) is 8.27. The third-order valence-corrected chi connectivity index (χ3v) is 2.01. The lowest BCUT2D eigenvalue weighted by atomic mass is 10.1. The minimum Gasteiger partial charge on any atom is -0.323 e. The lowest BCUT2D eigenvalue weighted by Crippen LogP contribution is -2.11. The van der Waals surface area contributed by atoms with Crippen LogP contribution in [0.25, 0.3) is 0 Å². The second-order valence-electron chi connectivity index (χ2n) is 2.32. The van der Waals surface area contributed by atoms with Crippen LogP contribution in [0.3, 0.4) is 0 Å². The van der Waals surface area contributed by atoms with E-state index in [-0.39, 0.29) is 6.04 Å². The molecule has 1 aromatic rings. The Morgan fingerprint density at radius 1 is 1.45 bits per heavy atom. The van der Waals surface area contributed by atoms with Crippen molar-refractivity contribution in [3.8, 4) is 0 Å². The quantitative estimate of drug-likeness (QED) is 0.712. The second kappa shape index (κ2) is 3.96. The molecule has 1 rings (SSSR count). The maximum atomic E-state index is 5.75. The van der Waals surface area contributed by atoms with Crippen LogP contribution >= 0.6 is 23.2 Å². The summed E-state index contributed by atoms with van der Waals surface area (Å²) in [6.45, 7) is 0. The van der Waals surface area contributed by atoms with Gasteiger partial charge in [0, 0.05) is 16.9 Å². The van der Waals surface area contributed by atoms with Crippen LogP contribution in [-0.4, -0.2) is 5.88 Å². The van der Waals surface area contributed by atoms with Gasteiger partial charge in [-0.2, -0.15) is 0 Å². The van der Waals surface area contributed by atoms with E-state index in [0.717, 1.165) is 5.56 Å². The van der Waals surface area contributed by atoms with Crippen molar-refractivity contribution in [3.05, 3.63) is 34.9 Å². The molecule has 0 aromatic heterocycles. The van der Waals surface area contributed by atoms with Crippen molar-refractivity contribution in [1.29, 1.82) is 0 Å². The Hall–Kier alpha value is -0.240. The number of halogens is 2. The highest BCUT2D eigenvalue weighted by Crippen LogP contribution is 2.16. The summed E-state index contributed by atoms with van der Waals surface area (Å²) in [5, 5.41) is 0.697.